The van der Waals surface area contributed by atoms with Crippen molar-refractivity contribution in [2.45, 2.75) is 38.8 Å². The van der Waals surface area contributed by atoms with E-state index in [9.17, 15) is 4.79 Å². The van der Waals surface area contributed by atoms with Gasteiger partial charge in [-0.25, -0.2) is 4.98 Å². The maximum Gasteiger partial charge on any atom is 0.251 e. The number of nitrogens with one attached hydrogen (secondary N) is 1. The van der Waals surface area contributed by atoms with Gasteiger partial charge in [0.25, 0.3) is 5.91 Å². The lowest BCUT2D eigenvalue weighted by atomic mass is 9.79. The summed E-state index contributed by atoms with van der Waals surface area (Å²) >= 11 is 1.64. The molecule has 0 aliphatic carbocycles. The lowest BCUT2D eigenvalue weighted by Crippen LogP contribution is -2.62. The van der Waals surface area contributed by atoms with Crippen molar-refractivity contribution < 1.29 is 4.79 Å². The van der Waals surface area contributed by atoms with E-state index in [-0.39, 0.29) is 11.9 Å². The minimum Gasteiger partial charge on any atom is -0.347 e. The van der Waals surface area contributed by atoms with Crippen LogP contribution in [0.1, 0.15) is 35.1 Å². The van der Waals surface area contributed by atoms with Crippen LogP contribution in [0, 0.1) is 12.8 Å². The highest BCUT2D eigenvalue weighted by Crippen LogP contribution is 2.32. The van der Waals surface area contributed by atoms with Gasteiger partial charge >= 0.3 is 0 Å². The first-order chi connectivity index (χ1) is 10.6. The molecule has 2 aromatic rings. The summed E-state index contributed by atoms with van der Waals surface area (Å²) in [5, 5.41) is 4.33. The molecule has 3 saturated heterocycles. The number of thiazole rings is 1. The number of aromatic nitrogens is 1. The molecule has 0 saturated carbocycles. The van der Waals surface area contributed by atoms with Crippen LogP contribution in [0.2, 0.25) is 0 Å². The third kappa shape index (κ3) is 2.32. The fourth-order valence-corrected chi connectivity index (χ4v) is 4.83. The van der Waals surface area contributed by atoms with Crippen molar-refractivity contribution in [1.29, 1.82) is 0 Å². The third-order valence-electron chi connectivity index (χ3n) is 5.23. The number of carbonyl (C=O) groups is 1. The van der Waals surface area contributed by atoms with Crippen LogP contribution >= 0.6 is 11.3 Å². The maximum atomic E-state index is 12.6. The molecule has 3 fully saturated rings. The lowest BCUT2D eigenvalue weighted by molar-refractivity contribution is 0.0217. The molecule has 1 N–H and O–H groups in total. The lowest BCUT2D eigenvalue weighted by Gasteiger charge is -2.49. The number of amides is 1. The van der Waals surface area contributed by atoms with Crippen LogP contribution in [0.15, 0.2) is 18.2 Å². The normalized spacial score (nSPS) is 30.6. The van der Waals surface area contributed by atoms with Gasteiger partial charge in [0.15, 0.2) is 0 Å². The molecule has 2 bridgehead atoms. The zero-order valence-corrected chi connectivity index (χ0v) is 13.8. The Labute approximate surface area is 134 Å². The van der Waals surface area contributed by atoms with Gasteiger partial charge in [0.2, 0.25) is 0 Å². The third-order valence-corrected chi connectivity index (χ3v) is 6.17. The van der Waals surface area contributed by atoms with Gasteiger partial charge in [0.1, 0.15) is 0 Å². The molecule has 22 heavy (non-hydrogen) atoms. The monoisotopic (exact) mass is 315 g/mol. The highest BCUT2D eigenvalue weighted by molar-refractivity contribution is 7.18. The second-order valence-corrected chi connectivity index (χ2v) is 7.76. The van der Waals surface area contributed by atoms with E-state index in [1.165, 1.54) is 25.9 Å². The second kappa shape index (κ2) is 5.32. The molecule has 1 aromatic heterocycles. The standard InChI is InChI=1S/C17H21N3OS/c1-10-16(12-5-7-20(10)8-6-12)19-17(21)13-3-4-14-15(9-13)22-11(2)18-14/h3-4,9-10,12,16H,5-8H2,1-2H3,(H,19,21)/t10-,16+/m1/s1. The minimum atomic E-state index is 0.0542. The molecule has 0 unspecified atom stereocenters. The first kappa shape index (κ1) is 14.2. The van der Waals surface area contributed by atoms with Gasteiger partial charge in [0.05, 0.1) is 15.2 Å². The number of piperidine rings is 3. The van der Waals surface area contributed by atoms with Crippen LogP contribution < -0.4 is 5.32 Å². The first-order valence-corrected chi connectivity index (χ1v) is 8.85. The zero-order chi connectivity index (χ0) is 15.3. The fraction of sp³-hybridized carbons (Fsp3) is 0.529. The molecule has 0 spiro atoms. The molecule has 1 amide bonds. The molecule has 0 radical (unpaired) electrons. The second-order valence-electron chi connectivity index (χ2n) is 6.53. The van der Waals surface area contributed by atoms with Crippen molar-refractivity contribution >= 4 is 27.5 Å². The number of rotatable bonds is 2. The van der Waals surface area contributed by atoms with Crippen LogP contribution in [-0.4, -0.2) is 41.0 Å². The molecule has 1 aromatic carbocycles. The molecular weight excluding hydrogens is 294 g/mol. The zero-order valence-electron chi connectivity index (χ0n) is 13.0. The van der Waals surface area contributed by atoms with Crippen molar-refractivity contribution in [3.63, 3.8) is 0 Å². The van der Waals surface area contributed by atoms with Gasteiger partial charge in [-0.1, -0.05) is 0 Å². The molecule has 4 heterocycles. The van der Waals surface area contributed by atoms with Crippen LogP contribution in [0.5, 0.6) is 0 Å². The summed E-state index contributed by atoms with van der Waals surface area (Å²) in [6.07, 6.45) is 2.42. The van der Waals surface area contributed by atoms with Gasteiger partial charge in [0, 0.05) is 17.6 Å². The Morgan fingerprint density at radius 3 is 2.86 bits per heavy atom. The summed E-state index contributed by atoms with van der Waals surface area (Å²) in [7, 11) is 0. The molecule has 3 aliphatic heterocycles. The Morgan fingerprint density at radius 2 is 2.14 bits per heavy atom. The Balaban J connectivity index is 1.55. The summed E-state index contributed by atoms with van der Waals surface area (Å²) in [5.74, 6) is 0.692. The largest absolute Gasteiger partial charge is 0.347 e. The fourth-order valence-electron chi connectivity index (χ4n) is 3.96. The first-order valence-electron chi connectivity index (χ1n) is 8.04. The number of fused-ring (bicyclic) bond motifs is 4. The van der Waals surface area contributed by atoms with Gasteiger partial charge in [-0.2, -0.15) is 0 Å². The predicted octanol–water partition coefficient (Wildman–Crippen LogP) is 2.82. The summed E-state index contributed by atoms with van der Waals surface area (Å²) in [6, 6.07) is 6.55. The van der Waals surface area contributed by atoms with Gasteiger partial charge < -0.3 is 5.32 Å². The van der Waals surface area contributed by atoms with Crippen molar-refractivity contribution in [3.8, 4) is 0 Å². The Kier molecular flexibility index (Phi) is 3.42. The van der Waals surface area contributed by atoms with Crippen LogP contribution in [0.4, 0.5) is 0 Å². The molecule has 2 atom stereocenters. The van der Waals surface area contributed by atoms with Gasteiger partial charge in [-0.15, -0.1) is 11.3 Å². The van der Waals surface area contributed by atoms with E-state index in [1.807, 2.05) is 25.1 Å². The van der Waals surface area contributed by atoms with Gasteiger partial charge in [-0.05, 0) is 63.9 Å². The SMILES string of the molecule is Cc1nc2ccc(C(=O)N[C@@H]3C4CCN(CC4)[C@@H]3C)cc2s1. The smallest absolute Gasteiger partial charge is 0.251 e. The van der Waals surface area contributed by atoms with Crippen molar-refractivity contribution in [2.75, 3.05) is 13.1 Å². The van der Waals surface area contributed by atoms with Gasteiger partial charge in [-0.3, -0.25) is 9.69 Å². The molecular formula is C17H21N3OS. The van der Waals surface area contributed by atoms with E-state index in [4.69, 9.17) is 0 Å². The Bertz CT molecular complexity index is 716. The van der Waals surface area contributed by atoms with Crippen molar-refractivity contribution in [3.05, 3.63) is 28.8 Å². The summed E-state index contributed by atoms with van der Waals surface area (Å²) in [4.78, 5) is 19.6. The highest BCUT2D eigenvalue weighted by atomic mass is 32.1. The van der Waals surface area contributed by atoms with Crippen LogP contribution in [0.25, 0.3) is 10.2 Å². The highest BCUT2D eigenvalue weighted by Gasteiger charge is 2.40. The predicted molar refractivity (Wildman–Crippen MR) is 89.4 cm³/mol. The Morgan fingerprint density at radius 1 is 1.36 bits per heavy atom. The number of benzene rings is 1. The van der Waals surface area contributed by atoms with E-state index in [1.54, 1.807) is 11.3 Å². The maximum absolute atomic E-state index is 12.6. The minimum absolute atomic E-state index is 0.0542. The number of hydrogen-bond acceptors (Lipinski definition) is 4. The number of aryl methyl sites for hydroxylation is 1. The van der Waals surface area contributed by atoms with Crippen molar-refractivity contribution in [2.24, 2.45) is 5.92 Å². The van der Waals surface area contributed by atoms with E-state index in [0.717, 1.165) is 20.8 Å². The Hall–Kier alpha value is -1.46. The average Bonchev–Trinajstić information content (AvgIpc) is 2.90. The average molecular weight is 315 g/mol. The molecule has 5 rings (SSSR count). The number of carbonyl (C=O) groups excluding carboxylic acids is 1. The van der Waals surface area contributed by atoms with E-state index in [0.29, 0.717) is 12.0 Å². The van der Waals surface area contributed by atoms with E-state index < -0.39 is 0 Å². The summed E-state index contributed by atoms with van der Waals surface area (Å²) in [6.45, 7) is 6.61. The summed E-state index contributed by atoms with van der Waals surface area (Å²) in [5.41, 5.74) is 1.73. The van der Waals surface area contributed by atoms with Crippen molar-refractivity contribution in [1.82, 2.24) is 15.2 Å². The summed E-state index contributed by atoms with van der Waals surface area (Å²) < 4.78 is 1.09. The number of hydrogen-bond donors (Lipinski definition) is 1. The molecule has 4 nitrogen and oxygen atoms in total. The number of nitrogens with zero attached hydrogens (tertiary/aromatic N) is 2. The van der Waals surface area contributed by atoms with Crippen LogP contribution in [0.3, 0.4) is 0 Å². The van der Waals surface area contributed by atoms with Crippen LogP contribution in [-0.2, 0) is 0 Å². The topological polar surface area (TPSA) is 45.2 Å². The molecule has 5 heteroatoms. The van der Waals surface area contributed by atoms with E-state index >= 15 is 0 Å². The quantitative estimate of drug-likeness (QED) is 0.927. The molecule has 116 valence electrons. The molecule has 3 aliphatic rings. The van der Waals surface area contributed by atoms with E-state index in [2.05, 4.69) is 22.1 Å².